The maximum atomic E-state index is 11.7. The molecular weight excluding hydrogens is 294 g/mol. The Hall–Kier alpha value is -1.07. The van der Waals surface area contributed by atoms with E-state index >= 15 is 0 Å². The Morgan fingerprint density at radius 3 is 2.95 bits per heavy atom. The molecule has 0 bridgehead atoms. The Morgan fingerprint density at radius 2 is 2.15 bits per heavy atom. The Balaban J connectivity index is 0.00000121. The highest BCUT2D eigenvalue weighted by molar-refractivity contribution is 7.16. The van der Waals surface area contributed by atoms with Crippen molar-refractivity contribution in [1.82, 2.24) is 10.2 Å². The molecule has 1 aliphatic carbocycles. The third kappa shape index (κ3) is 1.79. The van der Waals surface area contributed by atoms with Crippen molar-refractivity contribution in [2.24, 2.45) is 4.99 Å². The highest BCUT2D eigenvalue weighted by Gasteiger charge is 2.38. The number of guanidine groups is 1. The van der Waals surface area contributed by atoms with Gasteiger partial charge in [-0.1, -0.05) is 6.92 Å². The van der Waals surface area contributed by atoms with Crippen LogP contribution < -0.4 is 5.32 Å². The normalized spacial score (nSPS) is 27.0. The van der Waals surface area contributed by atoms with Crippen LogP contribution in [0.5, 0.6) is 0 Å². The predicted octanol–water partition coefficient (Wildman–Crippen LogP) is 2.93. The average Bonchev–Trinajstić information content (AvgIpc) is 2.88. The summed E-state index contributed by atoms with van der Waals surface area (Å²) in [5.41, 5.74) is 2.90. The van der Waals surface area contributed by atoms with Crippen molar-refractivity contribution >= 4 is 40.6 Å². The summed E-state index contributed by atoms with van der Waals surface area (Å²) in [6.45, 7) is 5.11. The SMILES string of the molecule is CC1CCCc2c1sc1c2CN2C(=N1)NC(=O)C2C.Cl. The summed E-state index contributed by atoms with van der Waals surface area (Å²) in [6, 6.07) is -0.0940. The zero-order valence-electron chi connectivity index (χ0n) is 11.6. The summed E-state index contributed by atoms with van der Waals surface area (Å²) in [4.78, 5) is 20.0. The number of aliphatic imine (C=N–C) groups is 1. The highest BCUT2D eigenvalue weighted by Crippen LogP contribution is 2.46. The molecular formula is C14H18ClN3OS. The number of hydrogen-bond donors (Lipinski definition) is 1. The number of amides is 1. The second kappa shape index (κ2) is 4.74. The number of halogens is 1. The Labute approximate surface area is 128 Å². The average molecular weight is 312 g/mol. The van der Waals surface area contributed by atoms with Crippen molar-refractivity contribution in [3.05, 3.63) is 16.0 Å². The second-order valence-electron chi connectivity index (χ2n) is 5.75. The Bertz CT molecular complexity index is 610. The molecule has 0 saturated carbocycles. The van der Waals surface area contributed by atoms with Crippen LogP contribution in [0.2, 0.25) is 0 Å². The van der Waals surface area contributed by atoms with Crippen LogP contribution >= 0.6 is 23.7 Å². The standard InChI is InChI=1S/C14H17N3OS.ClH/c1-7-4-3-5-9-10-6-17-8(2)12(18)15-14(17)16-13(10)19-11(7)9;/h7-8H,3-6H2,1-2H3,(H,15,16,18);1H. The summed E-state index contributed by atoms with van der Waals surface area (Å²) in [6.07, 6.45) is 3.75. The number of thiophene rings is 1. The molecule has 2 unspecified atom stereocenters. The van der Waals surface area contributed by atoms with E-state index in [1.165, 1.54) is 35.3 Å². The second-order valence-corrected chi connectivity index (χ2v) is 6.78. The van der Waals surface area contributed by atoms with Crippen LogP contribution in [0.1, 0.15) is 48.6 Å². The number of hydrogen-bond acceptors (Lipinski definition) is 4. The van der Waals surface area contributed by atoms with E-state index < -0.39 is 0 Å². The van der Waals surface area contributed by atoms with Gasteiger partial charge in [-0.15, -0.1) is 23.7 Å². The van der Waals surface area contributed by atoms with Gasteiger partial charge in [0.25, 0.3) is 0 Å². The van der Waals surface area contributed by atoms with E-state index in [2.05, 4.69) is 22.1 Å². The lowest BCUT2D eigenvalue weighted by Crippen LogP contribution is -2.35. The van der Waals surface area contributed by atoms with Crippen LogP contribution in [0.3, 0.4) is 0 Å². The molecule has 2 aliphatic heterocycles. The third-order valence-electron chi connectivity index (χ3n) is 4.53. The molecule has 4 rings (SSSR count). The minimum absolute atomic E-state index is 0. The fourth-order valence-corrected chi connectivity index (χ4v) is 4.65. The molecule has 1 aromatic rings. The van der Waals surface area contributed by atoms with E-state index in [1.807, 2.05) is 18.3 Å². The summed E-state index contributed by atoms with van der Waals surface area (Å²) < 4.78 is 0. The van der Waals surface area contributed by atoms with Crippen LogP contribution in [0, 0.1) is 0 Å². The minimum Gasteiger partial charge on any atom is -0.326 e. The van der Waals surface area contributed by atoms with Crippen molar-refractivity contribution in [2.75, 3.05) is 0 Å². The number of carbonyl (C=O) groups excluding carboxylic acids is 1. The molecule has 2 atom stereocenters. The van der Waals surface area contributed by atoms with Gasteiger partial charge in [0.05, 0.1) is 0 Å². The van der Waals surface area contributed by atoms with Crippen LogP contribution in [0.25, 0.3) is 0 Å². The lowest BCUT2D eigenvalue weighted by molar-refractivity contribution is -0.121. The highest BCUT2D eigenvalue weighted by atomic mass is 35.5. The first kappa shape index (κ1) is 13.9. The van der Waals surface area contributed by atoms with E-state index in [9.17, 15) is 4.79 Å². The molecule has 1 saturated heterocycles. The van der Waals surface area contributed by atoms with Crippen LogP contribution in [0.15, 0.2) is 4.99 Å². The topological polar surface area (TPSA) is 44.7 Å². The van der Waals surface area contributed by atoms with E-state index in [1.54, 1.807) is 0 Å². The smallest absolute Gasteiger partial charge is 0.249 e. The predicted molar refractivity (Wildman–Crippen MR) is 83.2 cm³/mol. The number of rotatable bonds is 0. The van der Waals surface area contributed by atoms with E-state index in [4.69, 9.17) is 0 Å². The van der Waals surface area contributed by atoms with Crippen molar-refractivity contribution in [3.8, 4) is 0 Å². The first-order valence-corrected chi connectivity index (χ1v) is 7.77. The molecule has 1 amide bonds. The molecule has 1 N–H and O–H groups in total. The molecule has 1 aromatic heterocycles. The molecule has 4 nitrogen and oxygen atoms in total. The van der Waals surface area contributed by atoms with Gasteiger partial charge in [-0.2, -0.15) is 0 Å². The van der Waals surface area contributed by atoms with Gasteiger partial charge in [-0.25, -0.2) is 4.99 Å². The van der Waals surface area contributed by atoms with Gasteiger partial charge in [-0.05, 0) is 37.7 Å². The lowest BCUT2D eigenvalue weighted by atomic mass is 9.88. The molecule has 20 heavy (non-hydrogen) atoms. The van der Waals surface area contributed by atoms with E-state index in [0.717, 1.165) is 17.5 Å². The van der Waals surface area contributed by atoms with Gasteiger partial charge in [0, 0.05) is 17.0 Å². The summed E-state index contributed by atoms with van der Waals surface area (Å²) >= 11 is 1.83. The fraction of sp³-hybridized carbons (Fsp3) is 0.571. The van der Waals surface area contributed by atoms with Gasteiger partial charge >= 0.3 is 0 Å². The molecule has 6 heteroatoms. The van der Waals surface area contributed by atoms with Gasteiger partial charge in [0.15, 0.2) is 0 Å². The molecule has 3 aliphatic rings. The van der Waals surface area contributed by atoms with Gasteiger partial charge in [-0.3, -0.25) is 10.1 Å². The van der Waals surface area contributed by atoms with E-state index in [-0.39, 0.29) is 24.4 Å². The number of fused-ring (bicyclic) bond motifs is 4. The van der Waals surface area contributed by atoms with Crippen LogP contribution in [-0.2, 0) is 17.8 Å². The third-order valence-corrected chi connectivity index (χ3v) is 5.93. The molecule has 0 aromatic carbocycles. The zero-order chi connectivity index (χ0) is 13.1. The van der Waals surface area contributed by atoms with Crippen molar-refractivity contribution in [2.45, 2.75) is 51.6 Å². The van der Waals surface area contributed by atoms with Gasteiger partial charge in [0.2, 0.25) is 11.9 Å². The molecule has 108 valence electrons. The first-order chi connectivity index (χ1) is 9.15. The number of nitrogens with zero attached hydrogens (tertiary/aromatic N) is 2. The maximum absolute atomic E-state index is 11.7. The molecule has 0 radical (unpaired) electrons. The quantitative estimate of drug-likeness (QED) is 0.800. The minimum atomic E-state index is -0.0940. The van der Waals surface area contributed by atoms with Gasteiger partial charge in [0.1, 0.15) is 11.0 Å². The summed E-state index contributed by atoms with van der Waals surface area (Å²) in [5, 5.41) is 4.01. The van der Waals surface area contributed by atoms with Gasteiger partial charge < -0.3 is 4.90 Å². The Kier molecular flexibility index (Phi) is 3.29. The maximum Gasteiger partial charge on any atom is 0.249 e. The zero-order valence-corrected chi connectivity index (χ0v) is 13.2. The fourth-order valence-electron chi connectivity index (χ4n) is 3.33. The van der Waals surface area contributed by atoms with Crippen LogP contribution in [-0.4, -0.2) is 22.8 Å². The number of nitrogens with one attached hydrogen (secondary N) is 1. The first-order valence-electron chi connectivity index (χ1n) is 6.96. The van der Waals surface area contributed by atoms with Crippen LogP contribution in [0.4, 0.5) is 5.00 Å². The van der Waals surface area contributed by atoms with Crippen molar-refractivity contribution < 1.29 is 4.79 Å². The summed E-state index contributed by atoms with van der Waals surface area (Å²) in [7, 11) is 0. The van der Waals surface area contributed by atoms with Crippen molar-refractivity contribution in [1.29, 1.82) is 0 Å². The molecule has 0 spiro atoms. The van der Waals surface area contributed by atoms with E-state index in [0.29, 0.717) is 5.92 Å². The largest absolute Gasteiger partial charge is 0.326 e. The number of carbonyl (C=O) groups is 1. The molecule has 3 heterocycles. The lowest BCUT2D eigenvalue weighted by Gasteiger charge is -2.26. The Morgan fingerprint density at radius 1 is 1.35 bits per heavy atom. The monoisotopic (exact) mass is 311 g/mol. The molecule has 1 fully saturated rings. The van der Waals surface area contributed by atoms with Crippen molar-refractivity contribution in [3.63, 3.8) is 0 Å². The summed E-state index contributed by atoms with van der Waals surface area (Å²) in [5.74, 6) is 1.48.